The molecule has 5 atom stereocenters. The van der Waals surface area contributed by atoms with Crippen LogP contribution in [0.5, 0.6) is 0 Å². The normalized spacial score (nSPS) is 47.1. The summed E-state index contributed by atoms with van der Waals surface area (Å²) in [4.78, 5) is 23.0. The molecule has 0 unspecified atom stereocenters. The molecular formula is C13H18F2O3. The summed E-state index contributed by atoms with van der Waals surface area (Å²) < 4.78 is 33.4. The second-order valence-electron chi connectivity index (χ2n) is 5.98. The average Bonchev–Trinajstić information content (AvgIpc) is 2.31. The molecule has 102 valence electrons. The minimum Gasteiger partial charge on any atom is -0.462 e. The molecule has 1 aliphatic carbocycles. The van der Waals surface area contributed by atoms with Gasteiger partial charge < -0.3 is 9.53 Å². The molecule has 5 heteroatoms. The highest BCUT2D eigenvalue weighted by atomic mass is 19.3. The Morgan fingerprint density at radius 2 is 2.00 bits per heavy atom. The first kappa shape index (κ1) is 13.4. The zero-order valence-corrected chi connectivity index (χ0v) is 10.8. The number of ether oxygens (including phenoxy) is 1. The molecule has 0 N–H and O–H groups in total. The summed E-state index contributed by atoms with van der Waals surface area (Å²) in [5.74, 6) is -5.71. The molecule has 0 radical (unpaired) electrons. The summed E-state index contributed by atoms with van der Waals surface area (Å²) in [5, 5.41) is 0. The molecule has 0 spiro atoms. The van der Waals surface area contributed by atoms with Gasteiger partial charge in [-0.3, -0.25) is 4.79 Å². The van der Waals surface area contributed by atoms with Crippen LogP contribution in [0.2, 0.25) is 0 Å². The van der Waals surface area contributed by atoms with Crippen molar-refractivity contribution >= 4 is 12.3 Å². The number of hydrogen-bond acceptors (Lipinski definition) is 3. The number of alkyl halides is 2. The van der Waals surface area contributed by atoms with Crippen molar-refractivity contribution in [2.24, 2.45) is 23.2 Å². The van der Waals surface area contributed by atoms with E-state index in [0.29, 0.717) is 12.7 Å². The highest BCUT2D eigenvalue weighted by molar-refractivity contribution is 5.78. The molecule has 3 nitrogen and oxygen atoms in total. The largest absolute Gasteiger partial charge is 0.462 e. The number of aldehydes is 1. The van der Waals surface area contributed by atoms with Gasteiger partial charge in [-0.15, -0.1) is 0 Å². The van der Waals surface area contributed by atoms with Crippen molar-refractivity contribution in [2.75, 3.05) is 0 Å². The molecule has 1 heterocycles. The lowest BCUT2D eigenvalue weighted by atomic mass is 9.72. The fourth-order valence-electron chi connectivity index (χ4n) is 3.31. The number of cyclic esters (lactones) is 1. The van der Waals surface area contributed by atoms with E-state index < -0.39 is 41.7 Å². The number of fused-ring (bicyclic) bond motifs is 2. The number of carbonyl (C=O) groups is 2. The fraction of sp³-hybridized carbons (Fsp3) is 0.846. The summed E-state index contributed by atoms with van der Waals surface area (Å²) in [6, 6.07) is 0. The molecule has 2 rings (SSSR count). The lowest BCUT2D eigenvalue weighted by Gasteiger charge is -2.39. The van der Waals surface area contributed by atoms with Crippen LogP contribution in [0, 0.1) is 23.2 Å². The van der Waals surface area contributed by atoms with Crippen LogP contribution >= 0.6 is 0 Å². The zero-order valence-electron chi connectivity index (χ0n) is 10.8. The van der Waals surface area contributed by atoms with E-state index in [1.807, 2.05) is 0 Å². The molecule has 18 heavy (non-hydrogen) atoms. The van der Waals surface area contributed by atoms with E-state index in [1.54, 1.807) is 6.92 Å². The van der Waals surface area contributed by atoms with Gasteiger partial charge >= 0.3 is 5.97 Å². The minimum absolute atomic E-state index is 0.302. The Bertz CT molecular complexity index is 382. The van der Waals surface area contributed by atoms with Gasteiger partial charge in [-0.25, -0.2) is 8.78 Å². The summed E-state index contributed by atoms with van der Waals surface area (Å²) in [7, 11) is 0. The number of hydrogen-bond donors (Lipinski definition) is 0. The van der Waals surface area contributed by atoms with Crippen LogP contribution in [0.25, 0.3) is 0 Å². The van der Waals surface area contributed by atoms with Crippen LogP contribution in [-0.4, -0.2) is 24.3 Å². The van der Waals surface area contributed by atoms with Crippen molar-refractivity contribution < 1.29 is 23.1 Å². The van der Waals surface area contributed by atoms with Crippen LogP contribution in [0.3, 0.4) is 0 Å². The zero-order chi connectivity index (χ0) is 13.7. The highest BCUT2D eigenvalue weighted by Crippen LogP contribution is 2.53. The fourth-order valence-corrected chi connectivity index (χ4v) is 3.31. The number of rotatable bonds is 1. The standard InChI is InChI=1S/C13H18F2O3/c1-7-10(5-16)9-4-12(3,6-13(7,14)15)11(17)18-8(9)2/h5,7-10H,4,6H2,1-3H3/t7-,8+,9+,10-,12-/m0/s1. The van der Waals surface area contributed by atoms with E-state index in [0.717, 1.165) is 0 Å². The Hall–Kier alpha value is -1.00. The highest BCUT2D eigenvalue weighted by Gasteiger charge is 2.59. The molecule has 0 aromatic rings. The van der Waals surface area contributed by atoms with Gasteiger partial charge in [-0.1, -0.05) is 6.92 Å². The second kappa shape index (κ2) is 4.00. The van der Waals surface area contributed by atoms with E-state index in [2.05, 4.69) is 0 Å². The first-order chi connectivity index (χ1) is 8.21. The third-order valence-electron chi connectivity index (χ3n) is 4.60. The van der Waals surface area contributed by atoms with Crippen molar-refractivity contribution in [1.29, 1.82) is 0 Å². The molecule has 0 amide bonds. The van der Waals surface area contributed by atoms with Gasteiger partial charge in [0.1, 0.15) is 12.4 Å². The average molecular weight is 260 g/mol. The number of esters is 1. The van der Waals surface area contributed by atoms with E-state index in [-0.39, 0.29) is 5.92 Å². The maximum atomic E-state index is 14.1. The maximum Gasteiger partial charge on any atom is 0.312 e. The van der Waals surface area contributed by atoms with Crippen molar-refractivity contribution in [2.45, 2.75) is 45.6 Å². The summed E-state index contributed by atoms with van der Waals surface area (Å²) in [6.07, 6.45) is -0.105. The maximum absolute atomic E-state index is 14.1. The van der Waals surface area contributed by atoms with E-state index in [9.17, 15) is 18.4 Å². The Morgan fingerprint density at radius 1 is 1.39 bits per heavy atom. The van der Waals surface area contributed by atoms with Gasteiger partial charge in [0, 0.05) is 24.2 Å². The quantitative estimate of drug-likeness (QED) is 0.537. The lowest BCUT2D eigenvalue weighted by molar-refractivity contribution is -0.178. The molecule has 1 saturated carbocycles. The van der Waals surface area contributed by atoms with Gasteiger partial charge in [0.15, 0.2) is 0 Å². The lowest BCUT2D eigenvalue weighted by Crippen LogP contribution is -2.45. The van der Waals surface area contributed by atoms with Crippen LogP contribution in [-0.2, 0) is 14.3 Å². The Labute approximate surface area is 105 Å². The van der Waals surface area contributed by atoms with Crippen LogP contribution in [0.4, 0.5) is 8.78 Å². The van der Waals surface area contributed by atoms with E-state index >= 15 is 0 Å². The topological polar surface area (TPSA) is 43.4 Å². The third-order valence-corrected chi connectivity index (χ3v) is 4.60. The SMILES string of the molecule is C[C@H]1OC(=O)[C@@]2(C)C[C@H]1[C@@H](C=O)[C@H](C)C(F)(F)C2. The molecule has 1 saturated heterocycles. The molecule has 0 aromatic heterocycles. The van der Waals surface area contributed by atoms with Gasteiger partial charge in [-0.05, 0) is 20.3 Å². The smallest absolute Gasteiger partial charge is 0.312 e. The van der Waals surface area contributed by atoms with Crippen molar-refractivity contribution in [3.05, 3.63) is 0 Å². The molecule has 0 aromatic carbocycles. The molecular weight excluding hydrogens is 242 g/mol. The Balaban J connectivity index is 2.47. The van der Waals surface area contributed by atoms with Gasteiger partial charge in [-0.2, -0.15) is 0 Å². The van der Waals surface area contributed by atoms with Crippen LogP contribution in [0.15, 0.2) is 0 Å². The van der Waals surface area contributed by atoms with Gasteiger partial charge in [0.25, 0.3) is 5.92 Å². The van der Waals surface area contributed by atoms with Gasteiger partial charge in [0.2, 0.25) is 0 Å². The third kappa shape index (κ3) is 1.84. The van der Waals surface area contributed by atoms with Crippen molar-refractivity contribution in [3.63, 3.8) is 0 Å². The Kier molecular flexibility index (Phi) is 2.98. The molecule has 2 bridgehead atoms. The summed E-state index contributed by atoms with van der Waals surface area (Å²) in [6.45, 7) is 4.58. The van der Waals surface area contributed by atoms with Crippen molar-refractivity contribution in [1.82, 2.24) is 0 Å². The van der Waals surface area contributed by atoms with Crippen molar-refractivity contribution in [3.8, 4) is 0 Å². The van der Waals surface area contributed by atoms with Crippen LogP contribution in [0.1, 0.15) is 33.6 Å². The first-order valence-electron chi connectivity index (χ1n) is 6.25. The number of carbonyl (C=O) groups excluding carboxylic acids is 2. The van der Waals surface area contributed by atoms with E-state index in [4.69, 9.17) is 4.74 Å². The molecule has 2 fully saturated rings. The monoisotopic (exact) mass is 260 g/mol. The molecule has 2 aliphatic rings. The number of halogens is 2. The van der Waals surface area contributed by atoms with Crippen LogP contribution < -0.4 is 0 Å². The first-order valence-corrected chi connectivity index (χ1v) is 6.25. The molecule has 1 aliphatic heterocycles. The predicted octanol–water partition coefficient (Wildman–Crippen LogP) is 2.43. The minimum atomic E-state index is -3.02. The summed E-state index contributed by atoms with van der Waals surface area (Å²) in [5.41, 5.74) is -1.17. The predicted molar refractivity (Wildman–Crippen MR) is 60.1 cm³/mol. The summed E-state index contributed by atoms with van der Waals surface area (Å²) >= 11 is 0. The second-order valence-corrected chi connectivity index (χ2v) is 5.98. The van der Waals surface area contributed by atoms with Gasteiger partial charge in [0.05, 0.1) is 5.41 Å². The van der Waals surface area contributed by atoms with E-state index in [1.165, 1.54) is 13.8 Å². The Morgan fingerprint density at radius 3 is 2.56 bits per heavy atom.